The van der Waals surface area contributed by atoms with Crippen LogP contribution in [0.3, 0.4) is 0 Å². The molecule has 1 rings (SSSR count). The molecule has 2 heteroatoms. The van der Waals surface area contributed by atoms with Crippen LogP contribution in [0.25, 0.3) is 0 Å². The molecule has 90 valence electrons. The van der Waals surface area contributed by atoms with E-state index < -0.39 is 0 Å². The van der Waals surface area contributed by atoms with Crippen LogP contribution >= 0.6 is 0 Å². The molecule has 0 spiro atoms. The lowest BCUT2D eigenvalue weighted by atomic mass is 10.0. The van der Waals surface area contributed by atoms with Crippen LogP contribution in [0.4, 0.5) is 0 Å². The Morgan fingerprint density at radius 2 is 1.56 bits per heavy atom. The van der Waals surface area contributed by atoms with Crippen LogP contribution < -0.4 is 4.74 Å². The number of hydrogen-bond acceptors (Lipinski definition) is 2. The van der Waals surface area contributed by atoms with Crippen molar-refractivity contribution in [3.8, 4) is 5.75 Å². The zero-order chi connectivity index (χ0) is 12.0. The topological polar surface area (TPSA) is 18.5 Å². The molecule has 0 heterocycles. The highest BCUT2D eigenvalue weighted by molar-refractivity contribution is 5.28. The Hall–Kier alpha value is -1.02. The zero-order valence-corrected chi connectivity index (χ0v) is 10.7. The second-order valence-corrected chi connectivity index (χ2v) is 4.49. The van der Waals surface area contributed by atoms with E-state index >= 15 is 0 Å². The van der Waals surface area contributed by atoms with Crippen LogP contribution in [0, 0.1) is 0 Å². The van der Waals surface area contributed by atoms with Crippen molar-refractivity contribution in [3.05, 3.63) is 29.8 Å². The van der Waals surface area contributed by atoms with Crippen LogP contribution in [0.15, 0.2) is 24.3 Å². The van der Waals surface area contributed by atoms with Crippen LogP contribution in [0.2, 0.25) is 0 Å². The molecule has 0 aliphatic carbocycles. The van der Waals surface area contributed by atoms with Crippen LogP contribution in [0.5, 0.6) is 5.75 Å². The summed E-state index contributed by atoms with van der Waals surface area (Å²) < 4.78 is 11.0. The van der Waals surface area contributed by atoms with Crippen molar-refractivity contribution in [2.24, 2.45) is 0 Å². The summed E-state index contributed by atoms with van der Waals surface area (Å²) in [6.45, 7) is 9.68. The molecule has 0 aromatic heterocycles. The molecule has 0 aliphatic heterocycles. The maximum absolute atomic E-state index is 5.57. The van der Waals surface area contributed by atoms with E-state index in [1.54, 1.807) is 0 Å². The molecule has 16 heavy (non-hydrogen) atoms. The first kappa shape index (κ1) is 13.0. The molecule has 0 unspecified atom stereocenters. The van der Waals surface area contributed by atoms with E-state index in [4.69, 9.17) is 9.47 Å². The summed E-state index contributed by atoms with van der Waals surface area (Å²) in [6.07, 6.45) is 0.270. The lowest BCUT2D eigenvalue weighted by Crippen LogP contribution is -2.11. The third-order valence-electron chi connectivity index (χ3n) is 2.35. The molecule has 0 saturated heterocycles. The van der Waals surface area contributed by atoms with E-state index in [-0.39, 0.29) is 6.10 Å². The smallest absolute Gasteiger partial charge is 0.119 e. The van der Waals surface area contributed by atoms with Gasteiger partial charge in [0.1, 0.15) is 12.4 Å². The van der Waals surface area contributed by atoms with Gasteiger partial charge in [0.2, 0.25) is 0 Å². The molecule has 0 N–H and O–H groups in total. The van der Waals surface area contributed by atoms with Gasteiger partial charge in [0.05, 0.1) is 12.7 Å². The van der Waals surface area contributed by atoms with Crippen LogP contribution in [-0.4, -0.2) is 19.3 Å². The maximum atomic E-state index is 5.57. The fourth-order valence-corrected chi connectivity index (χ4v) is 1.39. The largest absolute Gasteiger partial charge is 0.491 e. The lowest BCUT2D eigenvalue weighted by Gasteiger charge is -2.10. The van der Waals surface area contributed by atoms with E-state index in [1.165, 1.54) is 5.56 Å². The summed E-state index contributed by atoms with van der Waals surface area (Å²) in [7, 11) is 0. The van der Waals surface area contributed by atoms with Crippen molar-refractivity contribution in [2.75, 3.05) is 13.2 Å². The Labute approximate surface area is 98.6 Å². The van der Waals surface area contributed by atoms with Gasteiger partial charge in [-0.15, -0.1) is 0 Å². The molecule has 0 amide bonds. The van der Waals surface area contributed by atoms with Gasteiger partial charge in [0.15, 0.2) is 0 Å². The Bertz CT molecular complexity index is 288. The third-order valence-corrected chi connectivity index (χ3v) is 2.35. The van der Waals surface area contributed by atoms with Gasteiger partial charge in [-0.3, -0.25) is 0 Å². The van der Waals surface area contributed by atoms with Gasteiger partial charge in [-0.1, -0.05) is 26.0 Å². The number of benzene rings is 1. The molecule has 2 nitrogen and oxygen atoms in total. The van der Waals surface area contributed by atoms with E-state index in [0.29, 0.717) is 19.1 Å². The summed E-state index contributed by atoms with van der Waals surface area (Å²) in [5, 5.41) is 0. The Morgan fingerprint density at radius 1 is 0.938 bits per heavy atom. The molecule has 0 atom stereocenters. The van der Waals surface area contributed by atoms with Gasteiger partial charge >= 0.3 is 0 Å². The number of rotatable bonds is 6. The summed E-state index contributed by atoms with van der Waals surface area (Å²) in [5.74, 6) is 1.48. The summed E-state index contributed by atoms with van der Waals surface area (Å²) in [6, 6.07) is 8.27. The Kier molecular flexibility index (Phi) is 5.33. The minimum absolute atomic E-state index is 0.270. The van der Waals surface area contributed by atoms with Gasteiger partial charge in [-0.2, -0.15) is 0 Å². The van der Waals surface area contributed by atoms with Gasteiger partial charge in [0.25, 0.3) is 0 Å². The van der Waals surface area contributed by atoms with Crippen molar-refractivity contribution >= 4 is 0 Å². The van der Waals surface area contributed by atoms with Gasteiger partial charge in [-0.25, -0.2) is 0 Å². The van der Waals surface area contributed by atoms with Gasteiger partial charge < -0.3 is 9.47 Å². The highest BCUT2D eigenvalue weighted by Crippen LogP contribution is 2.18. The SMILES string of the molecule is CC(C)OCCOc1ccc(C(C)C)cc1. The zero-order valence-electron chi connectivity index (χ0n) is 10.7. The van der Waals surface area contributed by atoms with Gasteiger partial charge in [0, 0.05) is 0 Å². The first-order valence-corrected chi connectivity index (χ1v) is 5.94. The average Bonchev–Trinajstić information content (AvgIpc) is 2.25. The minimum atomic E-state index is 0.270. The van der Waals surface area contributed by atoms with Crippen molar-refractivity contribution in [2.45, 2.75) is 39.7 Å². The predicted octanol–water partition coefficient (Wildman–Crippen LogP) is 3.61. The fourth-order valence-electron chi connectivity index (χ4n) is 1.39. The highest BCUT2D eigenvalue weighted by atomic mass is 16.5. The summed E-state index contributed by atoms with van der Waals surface area (Å²) in [4.78, 5) is 0. The first-order valence-electron chi connectivity index (χ1n) is 5.94. The van der Waals surface area contributed by atoms with E-state index in [0.717, 1.165) is 5.75 Å². The molecule has 0 aliphatic rings. The standard InChI is InChI=1S/C14H22O2/c1-11(2)13-5-7-14(8-6-13)16-10-9-15-12(3)4/h5-8,11-12H,9-10H2,1-4H3. The van der Waals surface area contributed by atoms with E-state index in [9.17, 15) is 0 Å². The first-order chi connectivity index (χ1) is 7.59. The molecular weight excluding hydrogens is 200 g/mol. The molecule has 1 aromatic rings. The predicted molar refractivity (Wildman–Crippen MR) is 67.1 cm³/mol. The molecule has 1 aromatic carbocycles. The Balaban J connectivity index is 2.32. The average molecular weight is 222 g/mol. The second kappa shape index (κ2) is 6.54. The van der Waals surface area contributed by atoms with E-state index in [2.05, 4.69) is 26.0 Å². The Morgan fingerprint density at radius 3 is 2.06 bits per heavy atom. The summed E-state index contributed by atoms with van der Waals surface area (Å²) in [5.41, 5.74) is 1.34. The normalized spacial score (nSPS) is 11.1. The third kappa shape index (κ3) is 4.67. The molecule has 0 bridgehead atoms. The van der Waals surface area contributed by atoms with Crippen LogP contribution in [-0.2, 0) is 4.74 Å². The number of ether oxygens (including phenoxy) is 2. The monoisotopic (exact) mass is 222 g/mol. The van der Waals surface area contributed by atoms with Crippen LogP contribution in [0.1, 0.15) is 39.2 Å². The van der Waals surface area contributed by atoms with Crippen molar-refractivity contribution < 1.29 is 9.47 Å². The minimum Gasteiger partial charge on any atom is -0.491 e. The molecule has 0 fully saturated rings. The van der Waals surface area contributed by atoms with E-state index in [1.807, 2.05) is 26.0 Å². The van der Waals surface area contributed by atoms with Crippen molar-refractivity contribution in [1.29, 1.82) is 0 Å². The lowest BCUT2D eigenvalue weighted by molar-refractivity contribution is 0.0552. The molecule has 0 radical (unpaired) electrons. The number of hydrogen-bond donors (Lipinski definition) is 0. The molecule has 0 saturated carbocycles. The maximum Gasteiger partial charge on any atom is 0.119 e. The van der Waals surface area contributed by atoms with Gasteiger partial charge in [-0.05, 0) is 37.5 Å². The van der Waals surface area contributed by atoms with Crippen molar-refractivity contribution in [3.63, 3.8) is 0 Å². The highest BCUT2D eigenvalue weighted by Gasteiger charge is 1.99. The molecular formula is C14H22O2. The quantitative estimate of drug-likeness (QED) is 0.684. The summed E-state index contributed by atoms with van der Waals surface area (Å²) >= 11 is 0. The second-order valence-electron chi connectivity index (χ2n) is 4.49. The fraction of sp³-hybridized carbons (Fsp3) is 0.571. The van der Waals surface area contributed by atoms with Crippen molar-refractivity contribution in [1.82, 2.24) is 0 Å².